The highest BCUT2D eigenvalue weighted by Gasteiger charge is 2.13. The monoisotopic (exact) mass is 264 g/mol. The van der Waals surface area contributed by atoms with E-state index in [1.165, 1.54) is 10.8 Å². The minimum absolute atomic E-state index is 0.699. The molecule has 0 bridgehead atoms. The van der Waals surface area contributed by atoms with Gasteiger partial charge in [-0.15, -0.1) is 12.3 Å². The van der Waals surface area contributed by atoms with E-state index >= 15 is 0 Å². The van der Waals surface area contributed by atoms with Crippen LogP contribution in [0.1, 0.15) is 12.1 Å². The Morgan fingerprint density at radius 2 is 2.15 bits per heavy atom. The van der Waals surface area contributed by atoms with Crippen molar-refractivity contribution in [2.24, 2.45) is 0 Å². The van der Waals surface area contributed by atoms with Gasteiger partial charge < -0.3 is 9.30 Å². The first-order chi connectivity index (χ1) is 9.76. The maximum atomic E-state index is 5.42. The summed E-state index contributed by atoms with van der Waals surface area (Å²) in [4.78, 5) is 4.41. The lowest BCUT2D eigenvalue weighted by molar-refractivity contribution is 0.415. The topological polar surface area (TPSA) is 27.1 Å². The van der Waals surface area contributed by atoms with Crippen molar-refractivity contribution in [3.8, 4) is 18.1 Å². The molecular weight excluding hydrogens is 248 g/mol. The van der Waals surface area contributed by atoms with Crippen molar-refractivity contribution >= 4 is 21.8 Å². The molecule has 2 aromatic heterocycles. The number of nitrogens with zero attached hydrogens (tertiary/aromatic N) is 2. The van der Waals surface area contributed by atoms with Gasteiger partial charge in [0.15, 0.2) is 0 Å². The summed E-state index contributed by atoms with van der Waals surface area (Å²) < 4.78 is 7.58. The molecule has 0 spiro atoms. The van der Waals surface area contributed by atoms with E-state index in [1.807, 2.05) is 19.2 Å². The van der Waals surface area contributed by atoms with Crippen molar-refractivity contribution in [1.29, 1.82) is 0 Å². The third-order valence-corrected chi connectivity index (χ3v) is 3.64. The molecule has 0 aliphatic heterocycles. The van der Waals surface area contributed by atoms with Gasteiger partial charge in [0.25, 0.3) is 0 Å². The van der Waals surface area contributed by atoms with Crippen LogP contribution < -0.4 is 4.74 Å². The van der Waals surface area contributed by atoms with Gasteiger partial charge >= 0.3 is 0 Å². The molecule has 0 unspecified atom stereocenters. The second-order valence-electron chi connectivity index (χ2n) is 4.78. The van der Waals surface area contributed by atoms with Crippen molar-refractivity contribution in [2.45, 2.75) is 19.9 Å². The fraction of sp³-hybridized carbons (Fsp3) is 0.235. The van der Waals surface area contributed by atoms with Crippen molar-refractivity contribution in [3.63, 3.8) is 0 Å². The van der Waals surface area contributed by atoms with Crippen LogP contribution in [0.3, 0.4) is 0 Å². The van der Waals surface area contributed by atoms with Gasteiger partial charge in [-0.2, -0.15) is 0 Å². The average Bonchev–Trinajstić information content (AvgIpc) is 2.79. The van der Waals surface area contributed by atoms with Gasteiger partial charge in [-0.05, 0) is 25.1 Å². The average molecular weight is 264 g/mol. The van der Waals surface area contributed by atoms with Crippen molar-refractivity contribution in [1.82, 2.24) is 9.55 Å². The van der Waals surface area contributed by atoms with E-state index in [1.54, 1.807) is 7.11 Å². The maximum Gasteiger partial charge on any atom is 0.120 e. The Hall–Kier alpha value is -2.47. The quantitative estimate of drug-likeness (QED) is 0.677. The molecule has 0 amide bonds. The van der Waals surface area contributed by atoms with Crippen LogP contribution in [-0.2, 0) is 6.54 Å². The second-order valence-corrected chi connectivity index (χ2v) is 4.78. The summed E-state index contributed by atoms with van der Waals surface area (Å²) in [6, 6.07) is 8.21. The molecule has 3 heteroatoms. The van der Waals surface area contributed by atoms with Gasteiger partial charge in [0.1, 0.15) is 5.75 Å². The zero-order chi connectivity index (χ0) is 14.1. The van der Waals surface area contributed by atoms with Crippen molar-refractivity contribution < 1.29 is 4.74 Å². The number of ether oxygens (including phenoxy) is 1. The smallest absolute Gasteiger partial charge is 0.120 e. The predicted octanol–water partition coefficient (Wildman–Crippen LogP) is 3.53. The summed E-state index contributed by atoms with van der Waals surface area (Å²) in [7, 11) is 1.68. The highest BCUT2D eigenvalue weighted by molar-refractivity contribution is 6.09. The van der Waals surface area contributed by atoms with Crippen LogP contribution >= 0.6 is 0 Å². The molecule has 2 heterocycles. The molecule has 0 fully saturated rings. The zero-order valence-electron chi connectivity index (χ0n) is 11.7. The molecule has 1 aromatic carbocycles. The van der Waals surface area contributed by atoms with Crippen LogP contribution in [0.25, 0.3) is 21.8 Å². The largest absolute Gasteiger partial charge is 0.497 e. The Balaban J connectivity index is 2.40. The fourth-order valence-corrected chi connectivity index (χ4v) is 2.74. The molecule has 0 N–H and O–H groups in total. The van der Waals surface area contributed by atoms with Crippen LogP contribution in [0.15, 0.2) is 30.5 Å². The summed E-state index contributed by atoms with van der Waals surface area (Å²) in [5, 5.41) is 2.43. The first-order valence-electron chi connectivity index (χ1n) is 6.61. The summed E-state index contributed by atoms with van der Waals surface area (Å²) in [6.07, 6.45) is 7.98. The molecular formula is C17H16N2O. The van der Waals surface area contributed by atoms with Gasteiger partial charge in [-0.3, -0.25) is 4.98 Å². The number of methoxy groups -OCH3 is 1. The Morgan fingerprint density at radius 3 is 2.90 bits per heavy atom. The van der Waals surface area contributed by atoms with Crippen molar-refractivity contribution in [2.75, 3.05) is 7.11 Å². The number of aryl methyl sites for hydroxylation is 2. The maximum absolute atomic E-state index is 5.42. The third-order valence-electron chi connectivity index (χ3n) is 3.64. The van der Waals surface area contributed by atoms with E-state index in [0.717, 1.165) is 29.0 Å². The van der Waals surface area contributed by atoms with E-state index in [4.69, 9.17) is 11.2 Å². The van der Waals surface area contributed by atoms with E-state index in [2.05, 4.69) is 33.7 Å². The molecule has 0 saturated carbocycles. The number of terminal acetylenes is 1. The highest BCUT2D eigenvalue weighted by Crippen LogP contribution is 2.32. The summed E-state index contributed by atoms with van der Waals surface area (Å²) in [5.41, 5.74) is 3.33. The molecule has 3 aromatic rings. The lowest BCUT2D eigenvalue weighted by Crippen LogP contribution is -1.99. The summed E-state index contributed by atoms with van der Waals surface area (Å²) >= 11 is 0. The molecule has 100 valence electrons. The molecule has 0 atom stereocenters. The second kappa shape index (κ2) is 4.90. The van der Waals surface area contributed by atoms with Gasteiger partial charge in [-0.1, -0.05) is 0 Å². The lowest BCUT2D eigenvalue weighted by atomic mass is 10.1. The first kappa shape index (κ1) is 12.6. The zero-order valence-corrected chi connectivity index (χ0v) is 11.7. The summed E-state index contributed by atoms with van der Waals surface area (Å²) in [6.45, 7) is 2.82. The molecule has 20 heavy (non-hydrogen) atoms. The van der Waals surface area contributed by atoms with Gasteiger partial charge in [0, 0.05) is 36.0 Å². The number of pyridine rings is 1. The number of hydrogen-bond donors (Lipinski definition) is 0. The molecule has 0 aliphatic carbocycles. The molecule has 0 saturated heterocycles. The standard InChI is InChI=1S/C17H16N2O/c1-4-5-10-19-16-11-13(20-3)6-7-14(16)15-8-9-18-12(2)17(15)19/h1,6-9,11H,5,10H2,2-3H3. The minimum Gasteiger partial charge on any atom is -0.497 e. The highest BCUT2D eigenvalue weighted by atomic mass is 16.5. The van der Waals surface area contributed by atoms with E-state index in [9.17, 15) is 0 Å². The van der Waals surface area contributed by atoms with E-state index in [-0.39, 0.29) is 0 Å². The van der Waals surface area contributed by atoms with Gasteiger partial charge in [-0.25, -0.2) is 0 Å². The van der Waals surface area contributed by atoms with Crippen LogP contribution in [0.5, 0.6) is 5.75 Å². The number of benzene rings is 1. The predicted molar refractivity (Wildman–Crippen MR) is 82.0 cm³/mol. The Morgan fingerprint density at radius 1 is 1.30 bits per heavy atom. The van der Waals surface area contributed by atoms with Crippen LogP contribution in [0, 0.1) is 19.3 Å². The SMILES string of the molecule is C#CCCn1c2cc(OC)ccc2c2ccnc(C)c21. The Kier molecular flexibility index (Phi) is 3.08. The molecule has 3 rings (SSSR count). The van der Waals surface area contributed by atoms with Crippen LogP contribution in [0.4, 0.5) is 0 Å². The fourth-order valence-electron chi connectivity index (χ4n) is 2.74. The number of hydrogen-bond acceptors (Lipinski definition) is 2. The normalized spacial score (nSPS) is 10.8. The third kappa shape index (κ3) is 1.81. The van der Waals surface area contributed by atoms with E-state index in [0.29, 0.717) is 6.42 Å². The van der Waals surface area contributed by atoms with Gasteiger partial charge in [0.05, 0.1) is 23.8 Å². The Bertz CT molecular complexity index is 824. The van der Waals surface area contributed by atoms with Crippen molar-refractivity contribution in [3.05, 3.63) is 36.2 Å². The number of aromatic nitrogens is 2. The first-order valence-corrected chi connectivity index (χ1v) is 6.61. The van der Waals surface area contributed by atoms with E-state index < -0.39 is 0 Å². The van der Waals surface area contributed by atoms with Crippen LogP contribution in [0.2, 0.25) is 0 Å². The molecule has 0 radical (unpaired) electrons. The lowest BCUT2D eigenvalue weighted by Gasteiger charge is -2.07. The minimum atomic E-state index is 0.699. The molecule has 0 aliphatic rings. The Labute approximate surface area is 118 Å². The van der Waals surface area contributed by atoms with Gasteiger partial charge in [0.2, 0.25) is 0 Å². The summed E-state index contributed by atoms with van der Waals surface area (Å²) in [5.74, 6) is 3.57. The number of fused-ring (bicyclic) bond motifs is 3. The van der Waals surface area contributed by atoms with Crippen LogP contribution in [-0.4, -0.2) is 16.7 Å². The number of rotatable bonds is 3. The molecule has 3 nitrogen and oxygen atoms in total.